The topological polar surface area (TPSA) is 93.1 Å². The Morgan fingerprint density at radius 3 is 2.65 bits per heavy atom. The van der Waals surface area contributed by atoms with Crippen LogP contribution in [0.25, 0.3) is 0 Å². The summed E-state index contributed by atoms with van der Waals surface area (Å²) in [6.07, 6.45) is 3.97. The molecule has 1 saturated carbocycles. The zero-order valence-electron chi connectivity index (χ0n) is 20.5. The molecule has 0 radical (unpaired) electrons. The number of likely N-dealkylation sites (tertiary alicyclic amines) is 1. The minimum atomic E-state index is -0.879. The van der Waals surface area contributed by atoms with E-state index in [-0.39, 0.29) is 24.9 Å². The standard InChI is InChI=1S/C27H37NO6/c1-19-14-21-17-28(24(32)33-18-20-8-5-4-6-9-20)27(15-19,34-21)13-12-26(3)22(29)10-7-11-25(26,2)16-23(30)31/h4-6,8-9,19,21H,7,10-18H2,1-3H3,(H,30,31)/t19-,21+,25+,26+,27?/m0/s1. The van der Waals surface area contributed by atoms with Crippen molar-refractivity contribution in [1.82, 2.24) is 4.90 Å². The molecule has 3 aliphatic rings. The van der Waals surface area contributed by atoms with Crippen LogP contribution in [-0.2, 0) is 25.7 Å². The summed E-state index contributed by atoms with van der Waals surface area (Å²) >= 11 is 0. The van der Waals surface area contributed by atoms with Gasteiger partial charge in [-0.05, 0) is 55.4 Å². The first-order valence-corrected chi connectivity index (χ1v) is 12.5. The second kappa shape index (κ2) is 9.33. The van der Waals surface area contributed by atoms with Gasteiger partial charge in [-0.2, -0.15) is 0 Å². The molecule has 186 valence electrons. The number of aliphatic carboxylic acids is 1. The molecule has 2 bridgehead atoms. The predicted octanol–water partition coefficient (Wildman–Crippen LogP) is 5.17. The van der Waals surface area contributed by atoms with Gasteiger partial charge in [-0.25, -0.2) is 4.79 Å². The molecule has 2 saturated heterocycles. The van der Waals surface area contributed by atoms with E-state index in [9.17, 15) is 19.5 Å². The molecule has 0 spiro atoms. The summed E-state index contributed by atoms with van der Waals surface area (Å²) < 4.78 is 12.1. The maximum Gasteiger partial charge on any atom is 0.412 e. The van der Waals surface area contributed by atoms with Gasteiger partial charge in [-0.15, -0.1) is 0 Å². The molecule has 3 fully saturated rings. The minimum absolute atomic E-state index is 0.0367. The second-order valence-corrected chi connectivity index (χ2v) is 11.1. The number of hydrogen-bond donors (Lipinski definition) is 1. The van der Waals surface area contributed by atoms with Gasteiger partial charge in [0.1, 0.15) is 18.1 Å². The van der Waals surface area contributed by atoms with Crippen LogP contribution in [0.2, 0.25) is 0 Å². The van der Waals surface area contributed by atoms with Crippen LogP contribution >= 0.6 is 0 Å². The number of carbonyl (C=O) groups excluding carboxylic acids is 2. The van der Waals surface area contributed by atoms with Crippen LogP contribution in [0.3, 0.4) is 0 Å². The summed E-state index contributed by atoms with van der Waals surface area (Å²) in [5.74, 6) is -0.377. The number of carboxylic acids is 1. The maximum absolute atomic E-state index is 13.2. The lowest BCUT2D eigenvalue weighted by molar-refractivity contribution is -0.162. The van der Waals surface area contributed by atoms with Gasteiger partial charge in [0.25, 0.3) is 0 Å². The number of carboxylic acid groups (broad SMARTS) is 1. The van der Waals surface area contributed by atoms with Gasteiger partial charge < -0.3 is 14.6 Å². The normalized spacial score (nSPS) is 35.3. The molecule has 1 unspecified atom stereocenters. The Kier molecular flexibility index (Phi) is 6.78. The van der Waals surface area contributed by atoms with Crippen LogP contribution in [0.15, 0.2) is 30.3 Å². The lowest BCUT2D eigenvalue weighted by atomic mass is 9.53. The third-order valence-electron chi connectivity index (χ3n) is 8.66. The second-order valence-electron chi connectivity index (χ2n) is 11.1. The molecule has 1 aliphatic carbocycles. The first-order chi connectivity index (χ1) is 16.1. The monoisotopic (exact) mass is 471 g/mol. The number of nitrogens with zero attached hydrogens (tertiary/aromatic N) is 1. The summed E-state index contributed by atoms with van der Waals surface area (Å²) in [7, 11) is 0. The van der Waals surface area contributed by atoms with Crippen molar-refractivity contribution in [3.63, 3.8) is 0 Å². The van der Waals surface area contributed by atoms with E-state index in [1.54, 1.807) is 4.90 Å². The van der Waals surface area contributed by atoms with Crippen LogP contribution in [0.1, 0.15) is 77.7 Å². The number of hydrogen-bond acceptors (Lipinski definition) is 5. The molecular formula is C27H37NO6. The van der Waals surface area contributed by atoms with Gasteiger partial charge in [-0.1, -0.05) is 51.1 Å². The van der Waals surface area contributed by atoms with E-state index in [0.29, 0.717) is 44.6 Å². The molecule has 1 aromatic carbocycles. The van der Waals surface area contributed by atoms with E-state index >= 15 is 0 Å². The lowest BCUT2D eigenvalue weighted by Crippen LogP contribution is -2.53. The number of carbonyl (C=O) groups is 3. The van der Waals surface area contributed by atoms with Crippen LogP contribution in [0.4, 0.5) is 4.79 Å². The Morgan fingerprint density at radius 2 is 1.94 bits per heavy atom. The maximum atomic E-state index is 13.2. The summed E-state index contributed by atoms with van der Waals surface area (Å²) in [4.78, 5) is 39.8. The molecule has 2 aliphatic heterocycles. The number of benzene rings is 1. The van der Waals surface area contributed by atoms with Crippen molar-refractivity contribution in [3.8, 4) is 0 Å². The fraction of sp³-hybridized carbons (Fsp3) is 0.667. The largest absolute Gasteiger partial charge is 0.481 e. The van der Waals surface area contributed by atoms with Gasteiger partial charge in [0.05, 0.1) is 19.1 Å². The quantitative estimate of drug-likeness (QED) is 0.590. The van der Waals surface area contributed by atoms with E-state index in [2.05, 4.69) is 6.92 Å². The average molecular weight is 472 g/mol. The number of Topliss-reactive ketones (excluding diaryl/α,β-unsaturated/α-hetero) is 1. The van der Waals surface area contributed by atoms with E-state index in [1.165, 1.54) is 0 Å². The Labute approximate surface area is 201 Å². The van der Waals surface area contributed by atoms with Crippen molar-refractivity contribution < 1.29 is 29.0 Å². The van der Waals surface area contributed by atoms with Crippen molar-refractivity contribution >= 4 is 17.8 Å². The van der Waals surface area contributed by atoms with Gasteiger partial charge in [0, 0.05) is 11.8 Å². The Morgan fingerprint density at radius 1 is 1.21 bits per heavy atom. The third kappa shape index (κ3) is 4.59. The van der Waals surface area contributed by atoms with Crippen LogP contribution in [0.5, 0.6) is 0 Å². The minimum Gasteiger partial charge on any atom is -0.481 e. The first kappa shape index (κ1) is 24.7. The number of fused-ring (bicyclic) bond motifs is 2. The predicted molar refractivity (Wildman–Crippen MR) is 126 cm³/mol. The van der Waals surface area contributed by atoms with Gasteiger partial charge in [-0.3, -0.25) is 14.5 Å². The molecule has 0 aromatic heterocycles. The van der Waals surface area contributed by atoms with Gasteiger partial charge >= 0.3 is 12.1 Å². The van der Waals surface area contributed by atoms with E-state index in [0.717, 1.165) is 18.4 Å². The summed E-state index contributed by atoms with van der Waals surface area (Å²) in [6, 6.07) is 9.58. The fourth-order valence-electron chi connectivity index (χ4n) is 6.50. The van der Waals surface area contributed by atoms with Crippen LogP contribution in [-0.4, -0.2) is 46.2 Å². The van der Waals surface area contributed by atoms with E-state index in [1.807, 2.05) is 44.2 Å². The highest BCUT2D eigenvalue weighted by Gasteiger charge is 2.57. The van der Waals surface area contributed by atoms with Crippen molar-refractivity contribution in [2.24, 2.45) is 16.7 Å². The number of ether oxygens (including phenoxy) is 2. The Balaban J connectivity index is 1.54. The molecule has 5 atom stereocenters. The van der Waals surface area contributed by atoms with Crippen molar-refractivity contribution in [2.45, 2.75) is 90.6 Å². The van der Waals surface area contributed by atoms with Gasteiger partial charge in [0.2, 0.25) is 0 Å². The van der Waals surface area contributed by atoms with Crippen molar-refractivity contribution in [1.29, 1.82) is 0 Å². The first-order valence-electron chi connectivity index (χ1n) is 12.5. The zero-order valence-corrected chi connectivity index (χ0v) is 20.5. The molecule has 34 heavy (non-hydrogen) atoms. The molecule has 2 heterocycles. The molecule has 1 aromatic rings. The fourth-order valence-corrected chi connectivity index (χ4v) is 6.50. The highest BCUT2D eigenvalue weighted by atomic mass is 16.6. The molecule has 1 N–H and O–H groups in total. The van der Waals surface area contributed by atoms with Crippen LogP contribution in [0, 0.1) is 16.7 Å². The summed E-state index contributed by atoms with van der Waals surface area (Å²) in [6.45, 7) is 6.70. The van der Waals surface area contributed by atoms with Crippen LogP contribution < -0.4 is 0 Å². The third-order valence-corrected chi connectivity index (χ3v) is 8.66. The van der Waals surface area contributed by atoms with Crippen molar-refractivity contribution in [2.75, 3.05) is 6.54 Å². The van der Waals surface area contributed by atoms with Gasteiger partial charge in [0.15, 0.2) is 0 Å². The SMILES string of the molecule is C[C@H]1C[C@@H]2CN(C(=O)OCc3ccccc3)C(CC[C@]3(C)C(=O)CCC[C@]3(C)CC(=O)O)(C1)O2. The van der Waals surface area contributed by atoms with Crippen molar-refractivity contribution in [3.05, 3.63) is 35.9 Å². The lowest BCUT2D eigenvalue weighted by Gasteiger charge is -2.50. The molecule has 1 amide bonds. The molecular weight excluding hydrogens is 434 g/mol. The summed E-state index contributed by atoms with van der Waals surface area (Å²) in [5.41, 5.74) is -1.30. The highest BCUT2D eigenvalue weighted by molar-refractivity contribution is 5.87. The Hall–Kier alpha value is -2.41. The smallest absolute Gasteiger partial charge is 0.412 e. The highest BCUT2D eigenvalue weighted by Crippen LogP contribution is 2.55. The zero-order chi connectivity index (χ0) is 24.6. The number of amides is 1. The molecule has 7 nitrogen and oxygen atoms in total. The molecule has 7 heteroatoms. The summed E-state index contributed by atoms with van der Waals surface area (Å²) in [5, 5.41) is 9.57. The number of ketones is 1. The number of rotatable bonds is 7. The van der Waals surface area contributed by atoms with E-state index in [4.69, 9.17) is 9.47 Å². The van der Waals surface area contributed by atoms with E-state index < -0.39 is 28.6 Å². The molecule has 4 rings (SSSR count). The average Bonchev–Trinajstić information content (AvgIpc) is 3.05. The Bertz CT molecular complexity index is 934.